The summed E-state index contributed by atoms with van der Waals surface area (Å²) in [6.07, 6.45) is 2.42. The first-order chi connectivity index (χ1) is 14.2. The summed E-state index contributed by atoms with van der Waals surface area (Å²) in [7, 11) is 0. The van der Waals surface area contributed by atoms with Crippen molar-refractivity contribution in [3.8, 4) is 0 Å². The fraction of sp³-hybridized carbons (Fsp3) is 0.545. The van der Waals surface area contributed by atoms with Gasteiger partial charge in [0.2, 0.25) is 0 Å². The van der Waals surface area contributed by atoms with Gasteiger partial charge in [-0.2, -0.15) is 0 Å². The van der Waals surface area contributed by atoms with Crippen molar-refractivity contribution in [1.82, 2.24) is 15.5 Å². The molecule has 0 unspecified atom stereocenters. The normalized spacial score (nSPS) is 21.0. The molecule has 2 N–H and O–H groups in total. The zero-order chi connectivity index (χ0) is 21.9. The van der Waals surface area contributed by atoms with Crippen molar-refractivity contribution in [3.63, 3.8) is 0 Å². The van der Waals surface area contributed by atoms with E-state index in [0.29, 0.717) is 18.9 Å². The number of hydrogen-bond donors (Lipinski definition) is 2. The van der Waals surface area contributed by atoms with E-state index in [0.717, 1.165) is 23.3 Å². The van der Waals surface area contributed by atoms with Crippen LogP contribution < -0.4 is 10.6 Å². The molecule has 1 aliphatic carbocycles. The van der Waals surface area contributed by atoms with E-state index >= 15 is 0 Å². The molecule has 1 aliphatic heterocycles. The largest absolute Gasteiger partial charge is 0.454 e. The van der Waals surface area contributed by atoms with Gasteiger partial charge in [0.25, 0.3) is 11.8 Å². The number of ether oxygens (including phenoxy) is 1. The Morgan fingerprint density at radius 3 is 2.50 bits per heavy atom. The lowest BCUT2D eigenvalue weighted by atomic mass is 9.96. The van der Waals surface area contributed by atoms with Crippen LogP contribution in [0.5, 0.6) is 0 Å². The molecular formula is C22H29N3O5. The molecule has 0 spiro atoms. The molecule has 1 atom stereocenters. The minimum Gasteiger partial charge on any atom is -0.454 e. The van der Waals surface area contributed by atoms with Crippen LogP contribution >= 0.6 is 0 Å². The number of carbonyl (C=O) groups excluding carboxylic acids is 4. The highest BCUT2D eigenvalue weighted by atomic mass is 16.5. The number of urea groups is 1. The standard InChI is InChI=1S/C22H29N3O5/c1-14(2)16-6-4-15(5-7-16)10-11-23-18(26)13-30-19(27)12-25-20(28)22(3,17-8-9-17)24-21(25)29/h4-7,14,17H,8-13H2,1-3H3,(H,23,26)(H,24,29)/t22-/m0/s1. The number of nitrogens with one attached hydrogen (secondary N) is 2. The van der Waals surface area contributed by atoms with E-state index in [2.05, 4.69) is 36.6 Å². The minimum atomic E-state index is -0.942. The molecular weight excluding hydrogens is 386 g/mol. The van der Waals surface area contributed by atoms with Crippen LogP contribution in [0.4, 0.5) is 4.79 Å². The highest BCUT2D eigenvalue weighted by Gasteiger charge is 2.56. The summed E-state index contributed by atoms with van der Waals surface area (Å²) >= 11 is 0. The highest BCUT2D eigenvalue weighted by Crippen LogP contribution is 2.42. The first-order valence-electron chi connectivity index (χ1n) is 10.4. The first kappa shape index (κ1) is 21.8. The van der Waals surface area contributed by atoms with Crippen molar-refractivity contribution in [1.29, 1.82) is 0 Å². The monoisotopic (exact) mass is 415 g/mol. The topological polar surface area (TPSA) is 105 Å². The molecule has 0 aromatic heterocycles. The van der Waals surface area contributed by atoms with E-state index in [9.17, 15) is 19.2 Å². The molecule has 30 heavy (non-hydrogen) atoms. The third-order valence-corrected chi connectivity index (χ3v) is 5.73. The summed E-state index contributed by atoms with van der Waals surface area (Å²) in [5.74, 6) is -1.06. The highest BCUT2D eigenvalue weighted by molar-refractivity contribution is 6.08. The molecule has 1 heterocycles. The van der Waals surface area contributed by atoms with Crippen LogP contribution in [0.3, 0.4) is 0 Å². The maximum atomic E-state index is 12.5. The Labute approximate surface area is 176 Å². The predicted molar refractivity (Wildman–Crippen MR) is 110 cm³/mol. The van der Waals surface area contributed by atoms with Crippen molar-refractivity contribution in [2.45, 2.75) is 51.5 Å². The number of carbonyl (C=O) groups is 4. The van der Waals surface area contributed by atoms with Crippen LogP contribution in [0, 0.1) is 5.92 Å². The Bertz CT molecular complexity index is 832. The molecule has 1 aromatic carbocycles. The average Bonchev–Trinajstić information content (AvgIpc) is 3.53. The molecule has 0 radical (unpaired) electrons. The molecule has 2 fully saturated rings. The minimum absolute atomic E-state index is 0.113. The number of esters is 1. The first-order valence-corrected chi connectivity index (χ1v) is 10.4. The second kappa shape index (κ2) is 8.85. The number of benzene rings is 1. The second-order valence-corrected chi connectivity index (χ2v) is 8.45. The van der Waals surface area contributed by atoms with E-state index in [1.165, 1.54) is 5.56 Å². The quantitative estimate of drug-likeness (QED) is 0.472. The van der Waals surface area contributed by atoms with Gasteiger partial charge >= 0.3 is 12.0 Å². The molecule has 8 nitrogen and oxygen atoms in total. The van der Waals surface area contributed by atoms with Gasteiger partial charge in [0, 0.05) is 6.54 Å². The lowest BCUT2D eigenvalue weighted by Gasteiger charge is -2.20. The summed E-state index contributed by atoms with van der Waals surface area (Å²) in [5, 5.41) is 5.36. The van der Waals surface area contributed by atoms with Gasteiger partial charge in [-0.05, 0) is 49.1 Å². The summed E-state index contributed by atoms with van der Waals surface area (Å²) in [4.78, 5) is 49.3. The van der Waals surface area contributed by atoms with Crippen molar-refractivity contribution in [3.05, 3.63) is 35.4 Å². The molecule has 162 valence electrons. The van der Waals surface area contributed by atoms with Gasteiger partial charge in [-0.25, -0.2) is 4.79 Å². The number of nitrogens with zero attached hydrogens (tertiary/aromatic N) is 1. The molecule has 3 rings (SSSR count). The summed E-state index contributed by atoms with van der Waals surface area (Å²) < 4.78 is 4.93. The van der Waals surface area contributed by atoms with Crippen molar-refractivity contribution in [2.24, 2.45) is 5.92 Å². The fourth-order valence-electron chi connectivity index (χ4n) is 3.58. The van der Waals surface area contributed by atoms with Crippen molar-refractivity contribution >= 4 is 23.8 Å². The molecule has 0 bridgehead atoms. The molecule has 4 amide bonds. The van der Waals surface area contributed by atoms with E-state index in [4.69, 9.17) is 4.74 Å². The van der Waals surface area contributed by atoms with Crippen LogP contribution in [0.25, 0.3) is 0 Å². The maximum absolute atomic E-state index is 12.5. The smallest absolute Gasteiger partial charge is 0.326 e. The number of rotatable bonds is 9. The number of imide groups is 1. The van der Waals surface area contributed by atoms with Gasteiger partial charge in [0.15, 0.2) is 6.61 Å². The summed E-state index contributed by atoms with van der Waals surface area (Å²) in [6.45, 7) is 5.42. The van der Waals surface area contributed by atoms with Crippen molar-refractivity contribution in [2.75, 3.05) is 19.7 Å². The maximum Gasteiger partial charge on any atom is 0.326 e. The molecule has 8 heteroatoms. The Morgan fingerprint density at radius 1 is 1.23 bits per heavy atom. The third kappa shape index (κ3) is 4.98. The Kier molecular flexibility index (Phi) is 6.43. The lowest BCUT2D eigenvalue weighted by Crippen LogP contribution is -2.46. The van der Waals surface area contributed by atoms with Crippen LogP contribution in [-0.2, 0) is 25.5 Å². The molecule has 2 aliphatic rings. The Balaban J connectivity index is 1.37. The SMILES string of the molecule is CC(C)c1ccc(CCNC(=O)COC(=O)CN2C(=O)N[C@@](C)(C3CC3)C2=O)cc1. The van der Waals surface area contributed by atoms with Gasteiger partial charge in [0.1, 0.15) is 12.1 Å². The predicted octanol–water partition coefficient (Wildman–Crippen LogP) is 1.73. The zero-order valence-corrected chi connectivity index (χ0v) is 17.7. The van der Waals surface area contributed by atoms with E-state index in [-0.39, 0.29) is 5.92 Å². The van der Waals surface area contributed by atoms with E-state index < -0.39 is 42.5 Å². The number of amides is 4. The Hall–Kier alpha value is -2.90. The van der Waals surface area contributed by atoms with Crippen LogP contribution in [-0.4, -0.2) is 54.0 Å². The second-order valence-electron chi connectivity index (χ2n) is 8.45. The van der Waals surface area contributed by atoms with Crippen LogP contribution in [0.2, 0.25) is 0 Å². The van der Waals surface area contributed by atoms with Crippen LogP contribution in [0.1, 0.15) is 50.7 Å². The van der Waals surface area contributed by atoms with Gasteiger partial charge < -0.3 is 15.4 Å². The van der Waals surface area contributed by atoms with Gasteiger partial charge in [-0.15, -0.1) is 0 Å². The number of hydrogen-bond acceptors (Lipinski definition) is 5. The van der Waals surface area contributed by atoms with Gasteiger partial charge in [0.05, 0.1) is 0 Å². The van der Waals surface area contributed by atoms with E-state index in [1.807, 2.05) is 12.1 Å². The molecule has 1 saturated heterocycles. The molecule has 1 saturated carbocycles. The third-order valence-electron chi connectivity index (χ3n) is 5.73. The summed E-state index contributed by atoms with van der Waals surface area (Å²) in [6, 6.07) is 7.63. The Morgan fingerprint density at radius 2 is 1.90 bits per heavy atom. The van der Waals surface area contributed by atoms with Gasteiger partial charge in [-0.1, -0.05) is 38.1 Å². The zero-order valence-electron chi connectivity index (χ0n) is 17.7. The van der Waals surface area contributed by atoms with Crippen molar-refractivity contribution < 1.29 is 23.9 Å². The van der Waals surface area contributed by atoms with Gasteiger partial charge in [-0.3, -0.25) is 19.3 Å². The molecule has 1 aromatic rings. The average molecular weight is 415 g/mol. The van der Waals surface area contributed by atoms with E-state index in [1.54, 1.807) is 6.92 Å². The lowest BCUT2D eigenvalue weighted by molar-refractivity contribution is -0.151. The van der Waals surface area contributed by atoms with Crippen LogP contribution in [0.15, 0.2) is 24.3 Å². The summed E-state index contributed by atoms with van der Waals surface area (Å²) in [5.41, 5.74) is 1.42. The fourth-order valence-corrected chi connectivity index (χ4v) is 3.58.